The lowest BCUT2D eigenvalue weighted by atomic mass is 10.0. The van der Waals surface area contributed by atoms with E-state index in [2.05, 4.69) is 49.9 Å². The van der Waals surface area contributed by atoms with Gasteiger partial charge in [-0.15, -0.1) is 6.58 Å². The number of carbonyl (C=O) groups is 1. The molecule has 0 aliphatic carbocycles. The van der Waals surface area contributed by atoms with Gasteiger partial charge in [-0.3, -0.25) is 4.79 Å². The number of rotatable bonds is 11. The first kappa shape index (κ1) is 19.8. The number of hydrogen-bond donors (Lipinski definition) is 0. The lowest BCUT2D eigenvalue weighted by Crippen LogP contribution is -2.04. The summed E-state index contributed by atoms with van der Waals surface area (Å²) in [6.07, 6.45) is 5.86. The van der Waals surface area contributed by atoms with Crippen molar-refractivity contribution in [2.45, 2.75) is 39.0 Å². The molecule has 0 heterocycles. The SMILES string of the molecule is C=CCC(=O)OCCCCCCOc1ccc(-c2ccc(C)cc2)cc1. The van der Waals surface area contributed by atoms with Crippen LogP contribution in [0.15, 0.2) is 61.2 Å². The second kappa shape index (κ2) is 11.1. The number of hydrogen-bond acceptors (Lipinski definition) is 3. The van der Waals surface area contributed by atoms with Gasteiger partial charge >= 0.3 is 5.97 Å². The number of benzene rings is 2. The maximum absolute atomic E-state index is 11.2. The fraction of sp³-hybridized carbons (Fsp3) is 0.348. The molecule has 2 aromatic carbocycles. The Kier molecular flexibility index (Phi) is 8.47. The summed E-state index contributed by atoms with van der Waals surface area (Å²) in [5.41, 5.74) is 3.68. The van der Waals surface area contributed by atoms with Crippen molar-refractivity contribution >= 4 is 5.97 Å². The van der Waals surface area contributed by atoms with E-state index in [4.69, 9.17) is 9.47 Å². The predicted molar refractivity (Wildman–Crippen MR) is 106 cm³/mol. The zero-order valence-electron chi connectivity index (χ0n) is 15.6. The summed E-state index contributed by atoms with van der Waals surface area (Å²) in [7, 11) is 0. The molecule has 2 rings (SSSR count). The number of unbranched alkanes of at least 4 members (excludes halogenated alkanes) is 3. The van der Waals surface area contributed by atoms with Crippen molar-refractivity contribution in [2.24, 2.45) is 0 Å². The first-order valence-corrected chi connectivity index (χ1v) is 9.25. The Morgan fingerprint density at radius 1 is 0.885 bits per heavy atom. The van der Waals surface area contributed by atoms with E-state index >= 15 is 0 Å². The summed E-state index contributed by atoms with van der Waals surface area (Å²) >= 11 is 0. The van der Waals surface area contributed by atoms with Crippen LogP contribution >= 0.6 is 0 Å². The van der Waals surface area contributed by atoms with Gasteiger partial charge in [-0.1, -0.05) is 48.0 Å². The van der Waals surface area contributed by atoms with Gasteiger partial charge in [0.2, 0.25) is 0 Å². The lowest BCUT2D eigenvalue weighted by Gasteiger charge is -2.08. The summed E-state index contributed by atoms with van der Waals surface area (Å²) < 4.78 is 10.9. The minimum Gasteiger partial charge on any atom is -0.494 e. The quantitative estimate of drug-likeness (QED) is 0.295. The normalized spacial score (nSPS) is 10.3. The average molecular weight is 352 g/mol. The van der Waals surface area contributed by atoms with Crippen LogP contribution in [0.2, 0.25) is 0 Å². The Bertz CT molecular complexity index is 672. The molecule has 138 valence electrons. The molecule has 0 unspecified atom stereocenters. The highest BCUT2D eigenvalue weighted by Crippen LogP contribution is 2.22. The number of aryl methyl sites for hydroxylation is 1. The Morgan fingerprint density at radius 2 is 1.46 bits per heavy atom. The molecule has 0 bridgehead atoms. The predicted octanol–water partition coefficient (Wildman–Crippen LogP) is 5.72. The Hall–Kier alpha value is -2.55. The van der Waals surface area contributed by atoms with Crippen LogP contribution < -0.4 is 4.74 Å². The molecule has 0 N–H and O–H groups in total. The van der Waals surface area contributed by atoms with E-state index in [0.29, 0.717) is 13.2 Å². The summed E-state index contributed by atoms with van der Waals surface area (Å²) in [6, 6.07) is 16.8. The molecular formula is C23H28O3. The van der Waals surface area contributed by atoms with Crippen LogP contribution in [0, 0.1) is 6.92 Å². The molecule has 0 atom stereocenters. The maximum Gasteiger partial charge on any atom is 0.309 e. The molecule has 0 amide bonds. The number of ether oxygens (including phenoxy) is 2. The minimum absolute atomic E-state index is 0.197. The molecule has 0 aliphatic rings. The fourth-order valence-electron chi connectivity index (χ4n) is 2.60. The van der Waals surface area contributed by atoms with Crippen molar-refractivity contribution in [3.63, 3.8) is 0 Å². The summed E-state index contributed by atoms with van der Waals surface area (Å²) in [5, 5.41) is 0. The second-order valence-corrected chi connectivity index (χ2v) is 6.37. The minimum atomic E-state index is -0.197. The van der Waals surface area contributed by atoms with Crippen LogP contribution in [0.4, 0.5) is 0 Å². The Morgan fingerprint density at radius 3 is 2.08 bits per heavy atom. The molecule has 0 fully saturated rings. The van der Waals surface area contributed by atoms with Crippen LogP contribution in [0.5, 0.6) is 5.75 Å². The summed E-state index contributed by atoms with van der Waals surface area (Å²) in [4.78, 5) is 11.2. The van der Waals surface area contributed by atoms with E-state index < -0.39 is 0 Å². The van der Waals surface area contributed by atoms with Gasteiger partial charge in [-0.25, -0.2) is 0 Å². The lowest BCUT2D eigenvalue weighted by molar-refractivity contribution is -0.142. The Labute approximate surface area is 156 Å². The fourth-order valence-corrected chi connectivity index (χ4v) is 2.60. The molecule has 0 aliphatic heterocycles. The summed E-state index contributed by atoms with van der Waals surface area (Å²) in [5.74, 6) is 0.705. The van der Waals surface area contributed by atoms with E-state index in [1.165, 1.54) is 16.7 Å². The topological polar surface area (TPSA) is 35.5 Å². The van der Waals surface area contributed by atoms with Gasteiger partial charge in [0.25, 0.3) is 0 Å². The first-order chi connectivity index (χ1) is 12.7. The third-order valence-electron chi connectivity index (χ3n) is 4.12. The highest BCUT2D eigenvalue weighted by molar-refractivity contribution is 5.70. The standard InChI is InChI=1S/C23H28O3/c1-3-8-23(24)26-18-7-5-4-6-17-25-22-15-13-21(14-16-22)20-11-9-19(2)10-12-20/h3,9-16H,1,4-8,17-18H2,2H3. The van der Waals surface area contributed by atoms with E-state index in [1.54, 1.807) is 6.08 Å². The van der Waals surface area contributed by atoms with Crippen molar-refractivity contribution < 1.29 is 14.3 Å². The van der Waals surface area contributed by atoms with Gasteiger partial charge in [0.05, 0.1) is 19.6 Å². The Balaban J connectivity index is 1.59. The number of carbonyl (C=O) groups excluding carboxylic acids is 1. The highest BCUT2D eigenvalue weighted by atomic mass is 16.5. The zero-order valence-corrected chi connectivity index (χ0v) is 15.6. The molecule has 26 heavy (non-hydrogen) atoms. The van der Waals surface area contributed by atoms with Crippen molar-refractivity contribution in [3.8, 4) is 16.9 Å². The second-order valence-electron chi connectivity index (χ2n) is 6.37. The third-order valence-corrected chi connectivity index (χ3v) is 4.12. The largest absolute Gasteiger partial charge is 0.494 e. The van der Waals surface area contributed by atoms with Gasteiger partial charge < -0.3 is 9.47 Å². The van der Waals surface area contributed by atoms with Gasteiger partial charge in [0.15, 0.2) is 0 Å². The summed E-state index contributed by atoms with van der Waals surface area (Å²) in [6.45, 7) is 6.81. The monoisotopic (exact) mass is 352 g/mol. The van der Waals surface area contributed by atoms with Gasteiger partial charge in [-0.2, -0.15) is 0 Å². The van der Waals surface area contributed by atoms with Gasteiger partial charge in [0.1, 0.15) is 5.75 Å². The molecule has 0 radical (unpaired) electrons. The molecule has 3 nitrogen and oxygen atoms in total. The molecule has 0 saturated carbocycles. The molecule has 0 aromatic heterocycles. The van der Waals surface area contributed by atoms with Crippen molar-refractivity contribution in [2.75, 3.05) is 13.2 Å². The van der Waals surface area contributed by atoms with Crippen LogP contribution in [0.25, 0.3) is 11.1 Å². The van der Waals surface area contributed by atoms with Crippen LogP contribution in [0.3, 0.4) is 0 Å². The van der Waals surface area contributed by atoms with E-state index in [0.717, 1.165) is 31.4 Å². The van der Waals surface area contributed by atoms with Crippen molar-refractivity contribution in [3.05, 3.63) is 66.7 Å². The van der Waals surface area contributed by atoms with Crippen molar-refractivity contribution in [1.82, 2.24) is 0 Å². The first-order valence-electron chi connectivity index (χ1n) is 9.25. The van der Waals surface area contributed by atoms with Gasteiger partial charge in [0, 0.05) is 0 Å². The molecule has 0 spiro atoms. The van der Waals surface area contributed by atoms with E-state index in [1.807, 2.05) is 12.1 Å². The van der Waals surface area contributed by atoms with Crippen LogP contribution in [0.1, 0.15) is 37.7 Å². The van der Waals surface area contributed by atoms with Crippen LogP contribution in [-0.4, -0.2) is 19.2 Å². The number of esters is 1. The molecule has 3 heteroatoms. The van der Waals surface area contributed by atoms with Crippen LogP contribution in [-0.2, 0) is 9.53 Å². The third kappa shape index (κ3) is 7.14. The van der Waals surface area contributed by atoms with E-state index in [-0.39, 0.29) is 12.4 Å². The maximum atomic E-state index is 11.2. The molecular weight excluding hydrogens is 324 g/mol. The van der Waals surface area contributed by atoms with Crippen molar-refractivity contribution in [1.29, 1.82) is 0 Å². The van der Waals surface area contributed by atoms with Gasteiger partial charge in [-0.05, 0) is 55.9 Å². The zero-order chi connectivity index (χ0) is 18.6. The highest BCUT2D eigenvalue weighted by Gasteiger charge is 2.00. The average Bonchev–Trinajstić information content (AvgIpc) is 2.65. The molecule has 2 aromatic rings. The molecule has 0 saturated heterocycles. The smallest absolute Gasteiger partial charge is 0.309 e. The van der Waals surface area contributed by atoms with E-state index in [9.17, 15) is 4.79 Å².